The van der Waals surface area contributed by atoms with Crippen molar-refractivity contribution in [2.45, 2.75) is 6.04 Å². The van der Waals surface area contributed by atoms with Crippen molar-refractivity contribution in [2.75, 3.05) is 6.54 Å². The van der Waals surface area contributed by atoms with Crippen LogP contribution in [0.15, 0.2) is 22.7 Å². The topological polar surface area (TPSA) is 61.4 Å². The summed E-state index contributed by atoms with van der Waals surface area (Å²) in [5.41, 5.74) is 0.728. The lowest BCUT2D eigenvalue weighted by Gasteiger charge is -2.10. The van der Waals surface area contributed by atoms with E-state index in [1.54, 1.807) is 12.1 Å². The lowest BCUT2D eigenvalue weighted by molar-refractivity contribution is 0.247. The van der Waals surface area contributed by atoms with Crippen LogP contribution in [-0.2, 0) is 0 Å². The number of phenolic OH excluding ortho intramolecular Hbond substituents is 1. The maximum absolute atomic E-state index is 10.9. The molecule has 5 heteroatoms. The first kappa shape index (κ1) is 9.33. The Labute approximate surface area is 89.4 Å². The molecule has 0 aromatic heterocycles. The van der Waals surface area contributed by atoms with E-state index >= 15 is 0 Å². The standard InChI is InChI=1S/C9H9BrN2O2/c10-5-1-2-6(8(13)3-5)7-4-11-9(14)12-7/h1-3,7,13H,4H2,(H2,11,12,14)/t7-/m0/s1. The van der Waals surface area contributed by atoms with Gasteiger partial charge in [0, 0.05) is 16.6 Å². The van der Waals surface area contributed by atoms with Crippen LogP contribution in [0.25, 0.3) is 0 Å². The Morgan fingerprint density at radius 1 is 1.50 bits per heavy atom. The molecule has 74 valence electrons. The number of hydrogen-bond donors (Lipinski definition) is 3. The first-order chi connectivity index (χ1) is 6.66. The average Bonchev–Trinajstić information content (AvgIpc) is 2.51. The molecule has 0 radical (unpaired) electrons. The lowest BCUT2D eigenvalue weighted by Crippen LogP contribution is -2.21. The number of halogens is 1. The highest BCUT2D eigenvalue weighted by molar-refractivity contribution is 9.10. The maximum Gasteiger partial charge on any atom is 0.315 e. The molecule has 1 aromatic carbocycles. The van der Waals surface area contributed by atoms with Crippen LogP contribution in [-0.4, -0.2) is 17.7 Å². The molecule has 14 heavy (non-hydrogen) atoms. The third kappa shape index (κ3) is 1.68. The van der Waals surface area contributed by atoms with Crippen LogP contribution in [0.1, 0.15) is 11.6 Å². The number of benzene rings is 1. The highest BCUT2D eigenvalue weighted by Crippen LogP contribution is 2.28. The number of nitrogens with one attached hydrogen (secondary N) is 2. The van der Waals surface area contributed by atoms with Gasteiger partial charge in [-0.3, -0.25) is 0 Å². The summed E-state index contributed by atoms with van der Waals surface area (Å²) in [6.07, 6.45) is 0. The summed E-state index contributed by atoms with van der Waals surface area (Å²) >= 11 is 3.25. The quantitative estimate of drug-likeness (QED) is 0.714. The van der Waals surface area contributed by atoms with Crippen molar-refractivity contribution in [2.24, 2.45) is 0 Å². The third-order valence-corrected chi connectivity index (χ3v) is 2.63. The Bertz CT molecular complexity index is 381. The van der Waals surface area contributed by atoms with Gasteiger partial charge in [0.15, 0.2) is 0 Å². The summed E-state index contributed by atoms with van der Waals surface area (Å²) in [5.74, 6) is 0.188. The maximum atomic E-state index is 10.9. The van der Waals surface area contributed by atoms with Gasteiger partial charge >= 0.3 is 6.03 Å². The molecule has 0 bridgehead atoms. The van der Waals surface area contributed by atoms with Gasteiger partial charge in [0.2, 0.25) is 0 Å². The molecule has 1 aliphatic heterocycles. The van der Waals surface area contributed by atoms with Crippen LogP contribution in [0, 0.1) is 0 Å². The van der Waals surface area contributed by atoms with Crippen molar-refractivity contribution in [3.8, 4) is 5.75 Å². The summed E-state index contributed by atoms with van der Waals surface area (Å²) in [4.78, 5) is 10.9. The SMILES string of the molecule is O=C1NC[C@@H](c2ccc(Br)cc2O)N1. The first-order valence-electron chi connectivity index (χ1n) is 4.19. The highest BCUT2D eigenvalue weighted by atomic mass is 79.9. The fourth-order valence-electron chi connectivity index (χ4n) is 1.45. The van der Waals surface area contributed by atoms with Crippen molar-refractivity contribution in [1.29, 1.82) is 0 Å². The molecule has 1 saturated heterocycles. The molecule has 0 aliphatic carbocycles. The van der Waals surface area contributed by atoms with Gasteiger partial charge in [0.05, 0.1) is 6.04 Å². The molecule has 0 unspecified atom stereocenters. The second-order valence-electron chi connectivity index (χ2n) is 3.11. The number of aromatic hydroxyl groups is 1. The highest BCUT2D eigenvalue weighted by Gasteiger charge is 2.23. The summed E-state index contributed by atoms with van der Waals surface area (Å²) in [6, 6.07) is 4.89. The average molecular weight is 257 g/mol. The summed E-state index contributed by atoms with van der Waals surface area (Å²) in [5, 5.41) is 15.0. The number of carbonyl (C=O) groups is 1. The molecular weight excluding hydrogens is 248 g/mol. The van der Waals surface area contributed by atoms with Crippen molar-refractivity contribution >= 4 is 22.0 Å². The van der Waals surface area contributed by atoms with Crippen molar-refractivity contribution in [1.82, 2.24) is 10.6 Å². The number of phenols is 1. The van der Waals surface area contributed by atoms with Crippen molar-refractivity contribution in [3.63, 3.8) is 0 Å². The van der Waals surface area contributed by atoms with E-state index in [-0.39, 0.29) is 17.8 Å². The second kappa shape index (κ2) is 3.49. The van der Waals surface area contributed by atoms with E-state index in [1.807, 2.05) is 6.07 Å². The fraction of sp³-hybridized carbons (Fsp3) is 0.222. The van der Waals surface area contributed by atoms with E-state index in [1.165, 1.54) is 0 Å². The lowest BCUT2D eigenvalue weighted by atomic mass is 10.1. The van der Waals surface area contributed by atoms with Crippen LogP contribution in [0.2, 0.25) is 0 Å². The zero-order chi connectivity index (χ0) is 10.1. The number of amides is 2. The molecular formula is C9H9BrN2O2. The van der Waals surface area contributed by atoms with Crippen molar-refractivity contribution < 1.29 is 9.90 Å². The normalized spacial score (nSPS) is 20.4. The summed E-state index contributed by atoms with van der Waals surface area (Å²) in [7, 11) is 0. The Hall–Kier alpha value is -1.23. The van der Waals surface area contributed by atoms with E-state index < -0.39 is 0 Å². The zero-order valence-electron chi connectivity index (χ0n) is 7.25. The summed E-state index contributed by atoms with van der Waals surface area (Å²) < 4.78 is 0.816. The Kier molecular flexibility index (Phi) is 2.33. The van der Waals surface area contributed by atoms with Crippen LogP contribution >= 0.6 is 15.9 Å². The van der Waals surface area contributed by atoms with Gasteiger partial charge in [0.1, 0.15) is 5.75 Å². The van der Waals surface area contributed by atoms with Gasteiger partial charge in [-0.25, -0.2) is 4.79 Å². The Balaban J connectivity index is 2.28. The van der Waals surface area contributed by atoms with Gasteiger partial charge in [-0.2, -0.15) is 0 Å². The van der Waals surface area contributed by atoms with Gasteiger partial charge in [-0.05, 0) is 12.1 Å². The number of urea groups is 1. The smallest absolute Gasteiger partial charge is 0.315 e. The van der Waals surface area contributed by atoms with Crippen LogP contribution < -0.4 is 10.6 Å². The van der Waals surface area contributed by atoms with E-state index in [2.05, 4.69) is 26.6 Å². The van der Waals surface area contributed by atoms with Crippen LogP contribution in [0.3, 0.4) is 0 Å². The number of hydrogen-bond acceptors (Lipinski definition) is 2. The molecule has 1 aliphatic rings. The molecule has 1 fully saturated rings. The largest absolute Gasteiger partial charge is 0.508 e. The zero-order valence-corrected chi connectivity index (χ0v) is 8.84. The Morgan fingerprint density at radius 3 is 2.86 bits per heavy atom. The first-order valence-corrected chi connectivity index (χ1v) is 4.99. The molecule has 1 aromatic rings. The molecule has 0 spiro atoms. The predicted molar refractivity (Wildman–Crippen MR) is 55.1 cm³/mol. The number of carbonyl (C=O) groups excluding carboxylic acids is 1. The van der Waals surface area contributed by atoms with Gasteiger partial charge < -0.3 is 15.7 Å². The fourth-order valence-corrected chi connectivity index (χ4v) is 1.80. The molecule has 4 nitrogen and oxygen atoms in total. The third-order valence-electron chi connectivity index (χ3n) is 2.14. The minimum absolute atomic E-state index is 0.143. The Morgan fingerprint density at radius 2 is 2.29 bits per heavy atom. The minimum Gasteiger partial charge on any atom is -0.508 e. The van der Waals surface area contributed by atoms with Crippen molar-refractivity contribution in [3.05, 3.63) is 28.2 Å². The monoisotopic (exact) mass is 256 g/mol. The van der Waals surface area contributed by atoms with Crippen LogP contribution in [0.4, 0.5) is 4.79 Å². The number of rotatable bonds is 1. The van der Waals surface area contributed by atoms with E-state index in [4.69, 9.17) is 0 Å². The van der Waals surface area contributed by atoms with Gasteiger partial charge in [-0.15, -0.1) is 0 Å². The minimum atomic E-state index is -0.197. The van der Waals surface area contributed by atoms with E-state index in [9.17, 15) is 9.90 Å². The molecule has 3 N–H and O–H groups in total. The molecule has 0 saturated carbocycles. The predicted octanol–water partition coefficient (Wildman–Crippen LogP) is 1.51. The van der Waals surface area contributed by atoms with Gasteiger partial charge in [0.25, 0.3) is 0 Å². The molecule has 1 atom stereocenters. The molecule has 1 heterocycles. The second-order valence-corrected chi connectivity index (χ2v) is 4.03. The van der Waals surface area contributed by atoms with E-state index in [0.717, 1.165) is 10.0 Å². The van der Waals surface area contributed by atoms with Gasteiger partial charge in [-0.1, -0.05) is 22.0 Å². The summed E-state index contributed by atoms with van der Waals surface area (Å²) in [6.45, 7) is 0.508. The van der Waals surface area contributed by atoms with Crippen LogP contribution in [0.5, 0.6) is 5.75 Å². The molecule has 2 amide bonds. The molecule has 2 rings (SSSR count). The van der Waals surface area contributed by atoms with E-state index in [0.29, 0.717) is 6.54 Å².